The normalized spacial score (nSPS) is 18.9. The number of rotatable bonds is 4. The Kier molecular flexibility index (Phi) is 5.61. The van der Waals surface area contributed by atoms with Crippen LogP contribution in [0.25, 0.3) is 0 Å². The van der Waals surface area contributed by atoms with Crippen LogP contribution in [0.1, 0.15) is 18.4 Å². The summed E-state index contributed by atoms with van der Waals surface area (Å²) in [6, 6.07) is 3.60. The highest BCUT2D eigenvalue weighted by molar-refractivity contribution is 6.29. The first kappa shape index (κ1) is 15.1. The maximum absolute atomic E-state index is 12.0. The van der Waals surface area contributed by atoms with Gasteiger partial charge in [0.15, 0.2) is 0 Å². The predicted molar refractivity (Wildman–Crippen MR) is 77.7 cm³/mol. The van der Waals surface area contributed by atoms with Crippen molar-refractivity contribution in [3.8, 4) is 0 Å². The number of nitrogens with one attached hydrogen (secondary N) is 1. The van der Waals surface area contributed by atoms with E-state index in [1.54, 1.807) is 17.2 Å². The smallest absolute Gasteiger partial charge is 0.317 e. The molecule has 20 heavy (non-hydrogen) atoms. The number of aromatic nitrogens is 1. The Labute approximate surface area is 123 Å². The average Bonchev–Trinajstić information content (AvgIpc) is 2.49. The zero-order valence-corrected chi connectivity index (χ0v) is 12.1. The number of carbonyl (C=O) groups excluding carboxylic acids is 1. The molecule has 1 fully saturated rings. The Morgan fingerprint density at radius 2 is 2.40 bits per heavy atom. The lowest BCUT2D eigenvalue weighted by Crippen LogP contribution is -2.46. The highest BCUT2D eigenvalue weighted by atomic mass is 35.5. The lowest BCUT2D eigenvalue weighted by molar-refractivity contribution is 0.129. The maximum Gasteiger partial charge on any atom is 0.317 e. The predicted octanol–water partition coefficient (Wildman–Crippen LogP) is 1.69. The van der Waals surface area contributed by atoms with Crippen molar-refractivity contribution in [3.63, 3.8) is 0 Å². The first-order valence-electron chi connectivity index (χ1n) is 6.93. The van der Waals surface area contributed by atoms with Crippen molar-refractivity contribution in [2.45, 2.75) is 19.3 Å². The van der Waals surface area contributed by atoms with Gasteiger partial charge in [-0.2, -0.15) is 0 Å². The van der Waals surface area contributed by atoms with Crippen LogP contribution in [0.2, 0.25) is 5.15 Å². The van der Waals surface area contributed by atoms with Crippen LogP contribution in [0.5, 0.6) is 0 Å². The zero-order chi connectivity index (χ0) is 14.4. The van der Waals surface area contributed by atoms with Crippen molar-refractivity contribution in [1.82, 2.24) is 15.2 Å². The van der Waals surface area contributed by atoms with Crippen molar-refractivity contribution in [2.75, 3.05) is 26.2 Å². The fourth-order valence-corrected chi connectivity index (χ4v) is 2.49. The summed E-state index contributed by atoms with van der Waals surface area (Å²) >= 11 is 5.72. The minimum Gasteiger partial charge on any atom is -0.396 e. The number of likely N-dealkylation sites (tertiary alicyclic amines) is 1. The molecule has 0 saturated carbocycles. The standard InChI is InChI=1S/C14H20ClN3O2/c15-13-4-3-11(8-17-13)5-6-16-14(20)18-7-1-2-12(9-18)10-19/h3-4,8,12,19H,1-2,5-7,9-10H2,(H,16,20). The van der Waals surface area contributed by atoms with Gasteiger partial charge in [-0.25, -0.2) is 9.78 Å². The van der Waals surface area contributed by atoms with Crippen molar-refractivity contribution in [1.29, 1.82) is 0 Å². The number of hydrogen-bond acceptors (Lipinski definition) is 3. The van der Waals surface area contributed by atoms with Gasteiger partial charge in [-0.15, -0.1) is 0 Å². The fraction of sp³-hybridized carbons (Fsp3) is 0.571. The second-order valence-electron chi connectivity index (χ2n) is 5.11. The van der Waals surface area contributed by atoms with E-state index in [1.807, 2.05) is 6.07 Å². The Morgan fingerprint density at radius 3 is 3.10 bits per heavy atom. The molecule has 0 aliphatic carbocycles. The summed E-state index contributed by atoms with van der Waals surface area (Å²) in [5, 5.41) is 12.5. The molecule has 1 aliphatic rings. The number of aliphatic hydroxyl groups excluding tert-OH is 1. The van der Waals surface area contributed by atoms with Crippen LogP contribution >= 0.6 is 11.6 Å². The average molecular weight is 298 g/mol. The van der Waals surface area contributed by atoms with E-state index < -0.39 is 0 Å². The lowest BCUT2D eigenvalue weighted by atomic mass is 9.99. The number of hydrogen-bond donors (Lipinski definition) is 2. The van der Waals surface area contributed by atoms with Crippen LogP contribution in [-0.4, -0.2) is 47.3 Å². The van der Waals surface area contributed by atoms with Gasteiger partial charge in [0.2, 0.25) is 0 Å². The molecule has 1 aromatic heterocycles. The van der Waals surface area contributed by atoms with Crippen molar-refractivity contribution < 1.29 is 9.90 Å². The van der Waals surface area contributed by atoms with E-state index in [1.165, 1.54) is 0 Å². The molecule has 1 atom stereocenters. The third-order valence-electron chi connectivity index (χ3n) is 3.54. The third kappa shape index (κ3) is 4.35. The Hall–Kier alpha value is -1.33. The highest BCUT2D eigenvalue weighted by Gasteiger charge is 2.22. The number of halogens is 1. The molecule has 2 amide bonds. The van der Waals surface area contributed by atoms with Gasteiger partial charge in [-0.05, 0) is 36.8 Å². The van der Waals surface area contributed by atoms with Crippen LogP contribution in [0, 0.1) is 5.92 Å². The molecule has 0 bridgehead atoms. The van der Waals surface area contributed by atoms with Gasteiger partial charge < -0.3 is 15.3 Å². The number of aliphatic hydroxyl groups is 1. The van der Waals surface area contributed by atoms with E-state index in [9.17, 15) is 4.79 Å². The van der Waals surface area contributed by atoms with Gasteiger partial charge in [0.25, 0.3) is 0 Å². The molecule has 2 N–H and O–H groups in total. The molecule has 0 radical (unpaired) electrons. The van der Waals surface area contributed by atoms with Gasteiger partial charge >= 0.3 is 6.03 Å². The van der Waals surface area contributed by atoms with Crippen molar-refractivity contribution in [3.05, 3.63) is 29.0 Å². The molecule has 1 saturated heterocycles. The molecule has 1 aliphatic heterocycles. The molecule has 2 heterocycles. The van der Waals surface area contributed by atoms with Crippen molar-refractivity contribution in [2.24, 2.45) is 5.92 Å². The fourth-order valence-electron chi connectivity index (χ4n) is 2.38. The molecule has 0 spiro atoms. The maximum atomic E-state index is 12.0. The zero-order valence-electron chi connectivity index (χ0n) is 11.4. The van der Waals surface area contributed by atoms with E-state index in [2.05, 4.69) is 10.3 Å². The van der Waals surface area contributed by atoms with Gasteiger partial charge in [-0.1, -0.05) is 17.7 Å². The van der Waals surface area contributed by atoms with E-state index in [-0.39, 0.29) is 18.6 Å². The quantitative estimate of drug-likeness (QED) is 0.831. The number of nitrogens with zero attached hydrogens (tertiary/aromatic N) is 2. The summed E-state index contributed by atoms with van der Waals surface area (Å²) in [7, 11) is 0. The van der Waals surface area contributed by atoms with E-state index in [4.69, 9.17) is 16.7 Å². The molecular weight excluding hydrogens is 278 g/mol. The SMILES string of the molecule is O=C(NCCc1ccc(Cl)nc1)N1CCCC(CO)C1. The minimum atomic E-state index is -0.0509. The first-order chi connectivity index (χ1) is 9.69. The second-order valence-corrected chi connectivity index (χ2v) is 5.50. The van der Waals surface area contributed by atoms with Crippen LogP contribution in [-0.2, 0) is 6.42 Å². The monoisotopic (exact) mass is 297 g/mol. The lowest BCUT2D eigenvalue weighted by Gasteiger charge is -2.31. The molecule has 6 heteroatoms. The number of amides is 2. The number of piperidine rings is 1. The molecule has 5 nitrogen and oxygen atoms in total. The molecule has 1 unspecified atom stereocenters. The van der Waals surface area contributed by atoms with Gasteiger partial charge in [-0.3, -0.25) is 0 Å². The number of carbonyl (C=O) groups is 1. The Morgan fingerprint density at radius 1 is 1.55 bits per heavy atom. The van der Waals surface area contributed by atoms with E-state index >= 15 is 0 Å². The third-order valence-corrected chi connectivity index (χ3v) is 3.77. The number of urea groups is 1. The van der Waals surface area contributed by atoms with Gasteiger partial charge in [0.1, 0.15) is 5.15 Å². The highest BCUT2D eigenvalue weighted by Crippen LogP contribution is 2.15. The largest absolute Gasteiger partial charge is 0.396 e. The van der Waals surface area contributed by atoms with E-state index in [0.29, 0.717) is 18.2 Å². The summed E-state index contributed by atoms with van der Waals surface area (Å²) in [6.45, 7) is 2.14. The summed E-state index contributed by atoms with van der Waals surface area (Å²) in [5.74, 6) is 0.218. The molecule has 0 aromatic carbocycles. The molecule has 2 rings (SSSR count). The minimum absolute atomic E-state index is 0.0509. The summed E-state index contributed by atoms with van der Waals surface area (Å²) in [5.41, 5.74) is 1.04. The molecule has 1 aromatic rings. The Bertz CT molecular complexity index is 439. The summed E-state index contributed by atoms with van der Waals surface area (Å²) in [6.07, 6.45) is 4.40. The van der Waals surface area contributed by atoms with Crippen LogP contribution < -0.4 is 5.32 Å². The second kappa shape index (κ2) is 7.45. The van der Waals surface area contributed by atoms with Gasteiger partial charge in [0, 0.05) is 32.4 Å². The first-order valence-corrected chi connectivity index (χ1v) is 7.31. The summed E-state index contributed by atoms with van der Waals surface area (Å²) < 4.78 is 0. The Balaban J connectivity index is 1.73. The molecular formula is C14H20ClN3O2. The molecule has 110 valence electrons. The summed E-state index contributed by atoms with van der Waals surface area (Å²) in [4.78, 5) is 17.8. The van der Waals surface area contributed by atoms with Crippen LogP contribution in [0.4, 0.5) is 4.79 Å². The topological polar surface area (TPSA) is 65.5 Å². The van der Waals surface area contributed by atoms with Gasteiger partial charge in [0.05, 0.1) is 0 Å². The van der Waals surface area contributed by atoms with Crippen LogP contribution in [0.15, 0.2) is 18.3 Å². The van der Waals surface area contributed by atoms with Crippen molar-refractivity contribution >= 4 is 17.6 Å². The van der Waals surface area contributed by atoms with E-state index in [0.717, 1.165) is 31.4 Å². The van der Waals surface area contributed by atoms with Crippen LogP contribution in [0.3, 0.4) is 0 Å². The number of pyridine rings is 1.